The number of fused-ring (bicyclic) bond motifs is 1. The number of aliphatic hydroxyl groups excluding tert-OH is 1. The third-order valence-electron chi connectivity index (χ3n) is 4.41. The van der Waals surface area contributed by atoms with Gasteiger partial charge in [0.25, 0.3) is 0 Å². The van der Waals surface area contributed by atoms with Crippen molar-refractivity contribution in [2.45, 2.75) is 45.8 Å². The summed E-state index contributed by atoms with van der Waals surface area (Å²) < 4.78 is 2.04. The van der Waals surface area contributed by atoms with Gasteiger partial charge in [0.15, 0.2) is 0 Å². The quantitative estimate of drug-likeness (QED) is 0.934. The molecule has 1 saturated carbocycles. The Kier molecular flexibility index (Phi) is 3.95. The molecule has 2 aromatic heterocycles. The van der Waals surface area contributed by atoms with E-state index in [0.717, 1.165) is 55.2 Å². The highest BCUT2D eigenvalue weighted by Gasteiger charge is 2.26. The van der Waals surface area contributed by atoms with E-state index in [2.05, 4.69) is 41.1 Å². The molecule has 2 unspecified atom stereocenters. The third-order valence-corrected chi connectivity index (χ3v) is 4.41. The zero-order valence-electron chi connectivity index (χ0n) is 13.1. The molecule has 1 aliphatic carbocycles. The minimum Gasteiger partial charge on any atom is -0.393 e. The summed E-state index contributed by atoms with van der Waals surface area (Å²) in [5.41, 5.74) is 3.19. The van der Waals surface area contributed by atoms with Gasteiger partial charge in [-0.2, -0.15) is 0 Å². The number of rotatable bonds is 4. The van der Waals surface area contributed by atoms with Crippen LogP contribution in [-0.4, -0.2) is 44.1 Å². The maximum atomic E-state index is 9.93. The average Bonchev–Trinajstić information content (AvgIpc) is 2.96. The lowest BCUT2D eigenvalue weighted by Gasteiger charge is -2.22. The fourth-order valence-corrected chi connectivity index (χ4v) is 3.37. The Bertz CT molecular complexity index is 636. The Morgan fingerprint density at radius 3 is 2.86 bits per heavy atom. The average molecular weight is 288 g/mol. The van der Waals surface area contributed by atoms with Crippen LogP contribution in [0.15, 0.2) is 12.3 Å². The topological polar surface area (TPSA) is 53.7 Å². The van der Waals surface area contributed by atoms with Crippen LogP contribution in [0.2, 0.25) is 0 Å². The van der Waals surface area contributed by atoms with Crippen LogP contribution in [0.25, 0.3) is 5.78 Å². The van der Waals surface area contributed by atoms with Gasteiger partial charge in [-0.3, -0.25) is 4.40 Å². The lowest BCUT2D eigenvalue weighted by atomic mass is 10.1. The largest absolute Gasteiger partial charge is 0.393 e. The number of hydrogen-bond acceptors (Lipinski definition) is 4. The molecule has 1 aliphatic rings. The van der Waals surface area contributed by atoms with Crippen LogP contribution in [0.5, 0.6) is 0 Å². The molecular weight excluding hydrogens is 264 g/mol. The van der Waals surface area contributed by atoms with Crippen molar-refractivity contribution in [2.75, 3.05) is 13.6 Å². The summed E-state index contributed by atoms with van der Waals surface area (Å²) in [5.74, 6) is 1.19. The van der Waals surface area contributed by atoms with E-state index in [1.165, 1.54) is 0 Å². The second-order valence-electron chi connectivity index (χ2n) is 6.40. The molecule has 5 nitrogen and oxygen atoms in total. The van der Waals surface area contributed by atoms with E-state index in [0.29, 0.717) is 5.92 Å². The van der Waals surface area contributed by atoms with E-state index in [1.807, 2.05) is 11.3 Å². The number of hydrogen-bond donors (Lipinski definition) is 1. The van der Waals surface area contributed by atoms with Crippen LogP contribution in [0.4, 0.5) is 0 Å². The van der Waals surface area contributed by atoms with Crippen LogP contribution in [0.3, 0.4) is 0 Å². The van der Waals surface area contributed by atoms with Crippen molar-refractivity contribution in [2.24, 2.45) is 5.92 Å². The Labute approximate surface area is 125 Å². The Morgan fingerprint density at radius 2 is 2.14 bits per heavy atom. The number of nitrogens with zero attached hydrogens (tertiary/aromatic N) is 4. The van der Waals surface area contributed by atoms with Gasteiger partial charge in [-0.25, -0.2) is 9.97 Å². The zero-order valence-corrected chi connectivity index (χ0v) is 13.1. The maximum absolute atomic E-state index is 9.93. The molecule has 0 bridgehead atoms. The van der Waals surface area contributed by atoms with E-state index in [9.17, 15) is 5.11 Å². The number of aryl methyl sites for hydroxylation is 2. The minimum absolute atomic E-state index is 0.125. The van der Waals surface area contributed by atoms with E-state index < -0.39 is 0 Å². The Hall–Kier alpha value is -1.46. The SMILES string of the molecule is Cc1cc(C)n2cc(CN(C)CC3CCCC3O)nc2n1. The van der Waals surface area contributed by atoms with Crippen molar-refractivity contribution in [3.05, 3.63) is 29.3 Å². The van der Waals surface area contributed by atoms with Crippen LogP contribution in [0.1, 0.15) is 36.3 Å². The van der Waals surface area contributed by atoms with Crippen molar-refractivity contribution < 1.29 is 5.11 Å². The van der Waals surface area contributed by atoms with Gasteiger partial charge in [-0.05, 0) is 45.7 Å². The first kappa shape index (κ1) is 14.5. The summed E-state index contributed by atoms with van der Waals surface area (Å²) >= 11 is 0. The van der Waals surface area contributed by atoms with Crippen LogP contribution >= 0.6 is 0 Å². The molecule has 0 aromatic carbocycles. The fraction of sp³-hybridized carbons (Fsp3) is 0.625. The maximum Gasteiger partial charge on any atom is 0.234 e. The molecular formula is C16H24N4O. The molecule has 0 aliphatic heterocycles. The first-order valence-electron chi connectivity index (χ1n) is 7.72. The molecule has 2 atom stereocenters. The Balaban J connectivity index is 1.71. The lowest BCUT2D eigenvalue weighted by molar-refractivity contribution is 0.107. The van der Waals surface area contributed by atoms with Crippen molar-refractivity contribution in [1.29, 1.82) is 0 Å². The summed E-state index contributed by atoms with van der Waals surface area (Å²) in [6.07, 6.45) is 5.18. The molecule has 5 heteroatoms. The van der Waals surface area contributed by atoms with E-state index in [-0.39, 0.29) is 6.10 Å². The standard InChI is InChI=1S/C16H24N4O/c1-11-7-12(2)20-10-14(18-16(20)17-11)9-19(3)8-13-5-4-6-15(13)21/h7,10,13,15,21H,4-6,8-9H2,1-3H3. The first-order valence-corrected chi connectivity index (χ1v) is 7.72. The Morgan fingerprint density at radius 1 is 1.33 bits per heavy atom. The third kappa shape index (κ3) is 3.09. The van der Waals surface area contributed by atoms with Crippen molar-refractivity contribution >= 4 is 5.78 Å². The van der Waals surface area contributed by atoms with Crippen LogP contribution < -0.4 is 0 Å². The highest BCUT2D eigenvalue weighted by atomic mass is 16.3. The minimum atomic E-state index is -0.125. The van der Waals surface area contributed by atoms with Gasteiger partial charge >= 0.3 is 0 Å². The smallest absolute Gasteiger partial charge is 0.234 e. The highest BCUT2D eigenvalue weighted by molar-refractivity contribution is 5.34. The van der Waals surface area contributed by atoms with Gasteiger partial charge in [-0.15, -0.1) is 0 Å². The molecule has 0 saturated heterocycles. The highest BCUT2D eigenvalue weighted by Crippen LogP contribution is 2.26. The van der Waals surface area contributed by atoms with E-state index >= 15 is 0 Å². The molecule has 0 amide bonds. The van der Waals surface area contributed by atoms with Gasteiger partial charge < -0.3 is 10.0 Å². The molecule has 2 heterocycles. The van der Waals surface area contributed by atoms with Gasteiger partial charge in [0.2, 0.25) is 5.78 Å². The van der Waals surface area contributed by atoms with Gasteiger partial charge in [0.1, 0.15) is 0 Å². The normalized spacial score (nSPS) is 22.5. The zero-order chi connectivity index (χ0) is 15.0. The monoisotopic (exact) mass is 288 g/mol. The molecule has 1 N–H and O–H groups in total. The fourth-order valence-electron chi connectivity index (χ4n) is 3.37. The molecule has 0 radical (unpaired) electrons. The summed E-state index contributed by atoms with van der Waals surface area (Å²) in [6, 6.07) is 2.07. The predicted octanol–water partition coefficient (Wildman–Crippen LogP) is 1.94. The second-order valence-corrected chi connectivity index (χ2v) is 6.40. The van der Waals surface area contributed by atoms with Crippen LogP contribution in [-0.2, 0) is 6.54 Å². The van der Waals surface area contributed by atoms with Gasteiger partial charge in [-0.1, -0.05) is 6.42 Å². The molecule has 3 rings (SSSR count). The summed E-state index contributed by atoms with van der Waals surface area (Å²) in [6.45, 7) is 5.80. The van der Waals surface area contributed by atoms with Crippen molar-refractivity contribution in [1.82, 2.24) is 19.3 Å². The predicted molar refractivity (Wildman–Crippen MR) is 82.1 cm³/mol. The molecule has 21 heavy (non-hydrogen) atoms. The molecule has 2 aromatic rings. The summed E-state index contributed by atoms with van der Waals surface area (Å²) in [4.78, 5) is 11.3. The molecule has 0 spiro atoms. The summed E-state index contributed by atoms with van der Waals surface area (Å²) in [7, 11) is 2.10. The van der Waals surface area contributed by atoms with Crippen molar-refractivity contribution in [3.8, 4) is 0 Å². The van der Waals surface area contributed by atoms with Crippen molar-refractivity contribution in [3.63, 3.8) is 0 Å². The second kappa shape index (κ2) is 5.73. The van der Waals surface area contributed by atoms with E-state index in [1.54, 1.807) is 0 Å². The first-order chi connectivity index (χ1) is 10.0. The number of imidazole rings is 1. The molecule has 114 valence electrons. The van der Waals surface area contributed by atoms with Gasteiger partial charge in [0.05, 0.1) is 11.8 Å². The van der Waals surface area contributed by atoms with Crippen LogP contribution in [0, 0.1) is 19.8 Å². The lowest BCUT2D eigenvalue weighted by Crippen LogP contribution is -2.29. The number of aliphatic hydroxyl groups is 1. The van der Waals surface area contributed by atoms with Gasteiger partial charge in [0, 0.05) is 30.7 Å². The summed E-state index contributed by atoms with van der Waals surface area (Å²) in [5, 5.41) is 9.93. The number of aromatic nitrogens is 3. The molecule has 1 fully saturated rings. The van der Waals surface area contributed by atoms with E-state index in [4.69, 9.17) is 0 Å².